The van der Waals surface area contributed by atoms with Crippen molar-refractivity contribution in [2.45, 2.75) is 129 Å². The summed E-state index contributed by atoms with van der Waals surface area (Å²) in [4.78, 5) is 76.8. The third kappa shape index (κ3) is 8.86. The molecule has 0 bridgehead atoms. The average Bonchev–Trinajstić information content (AvgIpc) is 4.08. The summed E-state index contributed by atoms with van der Waals surface area (Å²) in [5, 5.41) is 13.1. The summed E-state index contributed by atoms with van der Waals surface area (Å²) in [7, 11) is 1.61. The van der Waals surface area contributed by atoms with Gasteiger partial charge in [-0.05, 0) is 98.7 Å². The largest absolute Gasteiger partial charge is 0.497 e. The van der Waals surface area contributed by atoms with Gasteiger partial charge in [0.2, 0.25) is 23.5 Å². The molecule has 3 fully saturated rings. The summed E-state index contributed by atoms with van der Waals surface area (Å²) in [6.45, 7) is 14.0. The Morgan fingerprint density at radius 3 is 2.27 bits per heavy atom. The zero-order chi connectivity index (χ0) is 40.5. The Morgan fingerprint density at radius 2 is 1.68 bits per heavy atom. The molecule has 1 saturated heterocycles. The summed E-state index contributed by atoms with van der Waals surface area (Å²) >= 11 is 0. The highest BCUT2D eigenvalue weighted by Crippen LogP contribution is 2.48. The molecular weight excluding hydrogens is 714 g/mol. The van der Waals surface area contributed by atoms with Gasteiger partial charge < -0.3 is 35.2 Å². The maximum atomic E-state index is 14.8. The summed E-state index contributed by atoms with van der Waals surface area (Å²) in [6.07, 6.45) is 3.52. The standard InChI is InChI=1S/C43H57N5O8/c1-9-11-32(35(49)40(52)44-28-14-15-28)45-39(51)34-22-43(21-33(47-56-43)27-18-24(3)36(55-10-2)25(4)19-27)23-48(34)41(53)37(42(5,6)7)46-38(50)31-20-30(31)26-12-16-29(54-8)17-13-26/h12-13,16-19,28,30-32,34,37H,9-11,14-15,20-23H2,1-8H3,(H,44,52)(H,45,51)(H,46,50)/t30-,31+,32+,34+,37-,43-/m1/s1. The van der Waals surface area contributed by atoms with Crippen molar-refractivity contribution in [3.8, 4) is 11.5 Å². The number of rotatable bonds is 15. The Kier molecular flexibility index (Phi) is 11.8. The number of oxime groups is 1. The molecule has 6 rings (SSSR count). The van der Waals surface area contributed by atoms with Crippen molar-refractivity contribution < 1.29 is 38.3 Å². The molecular formula is C43H57N5O8. The number of carbonyl (C=O) groups excluding carboxylic acids is 5. The Hall–Kier alpha value is -4.94. The van der Waals surface area contributed by atoms with Crippen LogP contribution in [-0.2, 0) is 28.8 Å². The fourth-order valence-electron chi connectivity index (χ4n) is 8.01. The smallest absolute Gasteiger partial charge is 0.289 e. The maximum absolute atomic E-state index is 14.8. The number of amides is 4. The van der Waals surface area contributed by atoms with E-state index in [2.05, 4.69) is 21.1 Å². The van der Waals surface area contributed by atoms with Gasteiger partial charge in [-0.3, -0.25) is 24.0 Å². The first kappa shape index (κ1) is 40.7. The van der Waals surface area contributed by atoms with Gasteiger partial charge in [-0.15, -0.1) is 0 Å². The van der Waals surface area contributed by atoms with E-state index in [-0.39, 0.29) is 43.2 Å². The molecule has 6 atom stereocenters. The van der Waals surface area contributed by atoms with E-state index in [1.54, 1.807) is 7.11 Å². The second-order valence-corrected chi connectivity index (χ2v) is 17.0. The fourth-order valence-corrected chi connectivity index (χ4v) is 8.01. The second-order valence-electron chi connectivity index (χ2n) is 17.0. The van der Waals surface area contributed by atoms with Gasteiger partial charge in [-0.1, -0.05) is 51.4 Å². The van der Waals surface area contributed by atoms with Crippen LogP contribution in [0.1, 0.15) is 108 Å². The number of nitrogens with zero attached hydrogens (tertiary/aromatic N) is 2. The van der Waals surface area contributed by atoms with E-state index < -0.39 is 52.6 Å². The minimum absolute atomic E-state index is 0.0180. The number of methoxy groups -OCH3 is 1. The third-order valence-electron chi connectivity index (χ3n) is 11.3. The number of aryl methyl sites for hydroxylation is 2. The Labute approximate surface area is 329 Å². The summed E-state index contributed by atoms with van der Waals surface area (Å²) in [6, 6.07) is 8.52. The van der Waals surface area contributed by atoms with Crippen LogP contribution in [0.4, 0.5) is 0 Å². The van der Waals surface area contributed by atoms with Gasteiger partial charge in [0.1, 0.15) is 23.6 Å². The third-order valence-corrected chi connectivity index (χ3v) is 11.3. The molecule has 2 aromatic carbocycles. The molecule has 56 heavy (non-hydrogen) atoms. The molecule has 2 saturated carbocycles. The minimum atomic E-state index is -1.06. The van der Waals surface area contributed by atoms with E-state index in [0.717, 1.165) is 46.6 Å². The van der Waals surface area contributed by atoms with Gasteiger partial charge in [0.05, 0.1) is 32.0 Å². The molecule has 13 heteroatoms. The summed E-state index contributed by atoms with van der Waals surface area (Å²) < 4.78 is 11.1. The zero-order valence-corrected chi connectivity index (χ0v) is 34.0. The molecule has 302 valence electrons. The van der Waals surface area contributed by atoms with Gasteiger partial charge >= 0.3 is 0 Å². The molecule has 0 unspecified atom stereocenters. The number of Topliss-reactive ketones (excluding diaryl/α,β-unsaturated/α-hetero) is 1. The first-order chi connectivity index (χ1) is 26.6. The Morgan fingerprint density at radius 1 is 1.00 bits per heavy atom. The molecule has 4 amide bonds. The van der Waals surface area contributed by atoms with Crippen molar-refractivity contribution in [3.05, 3.63) is 58.7 Å². The lowest BCUT2D eigenvalue weighted by Crippen LogP contribution is -2.59. The van der Waals surface area contributed by atoms with Crippen LogP contribution in [0.25, 0.3) is 0 Å². The number of hydrogen-bond donors (Lipinski definition) is 3. The second kappa shape index (κ2) is 16.3. The molecule has 2 aliphatic carbocycles. The highest BCUT2D eigenvalue weighted by atomic mass is 16.7. The van der Waals surface area contributed by atoms with Gasteiger partial charge in [0, 0.05) is 30.4 Å². The van der Waals surface area contributed by atoms with Crippen molar-refractivity contribution >= 4 is 35.1 Å². The van der Waals surface area contributed by atoms with E-state index in [0.29, 0.717) is 31.6 Å². The van der Waals surface area contributed by atoms with E-state index in [1.807, 2.05) is 84.9 Å². The van der Waals surface area contributed by atoms with Crippen LogP contribution in [0.15, 0.2) is 41.6 Å². The molecule has 0 radical (unpaired) electrons. The number of nitrogens with one attached hydrogen (secondary N) is 3. The van der Waals surface area contributed by atoms with Crippen LogP contribution >= 0.6 is 0 Å². The van der Waals surface area contributed by atoms with Crippen LogP contribution in [0.2, 0.25) is 0 Å². The van der Waals surface area contributed by atoms with Crippen LogP contribution < -0.4 is 25.4 Å². The van der Waals surface area contributed by atoms with Crippen molar-refractivity contribution in [1.29, 1.82) is 0 Å². The van der Waals surface area contributed by atoms with Crippen LogP contribution in [0, 0.1) is 25.2 Å². The van der Waals surface area contributed by atoms with Gasteiger partial charge in [0.15, 0.2) is 5.60 Å². The lowest BCUT2D eigenvalue weighted by molar-refractivity contribution is -0.145. The van der Waals surface area contributed by atoms with Crippen LogP contribution in [0.3, 0.4) is 0 Å². The molecule has 2 aromatic rings. The van der Waals surface area contributed by atoms with Crippen molar-refractivity contribution in [3.63, 3.8) is 0 Å². The van der Waals surface area contributed by atoms with E-state index in [1.165, 1.54) is 4.90 Å². The predicted octanol–water partition coefficient (Wildman–Crippen LogP) is 4.64. The summed E-state index contributed by atoms with van der Waals surface area (Å²) in [5.41, 5.74) is 2.71. The van der Waals surface area contributed by atoms with Crippen molar-refractivity contribution in [1.82, 2.24) is 20.9 Å². The molecule has 2 aliphatic heterocycles. The van der Waals surface area contributed by atoms with Crippen molar-refractivity contribution in [2.75, 3.05) is 20.3 Å². The van der Waals surface area contributed by atoms with Crippen LogP contribution in [-0.4, -0.2) is 90.1 Å². The molecule has 1 spiro atoms. The lowest BCUT2D eigenvalue weighted by Gasteiger charge is -2.35. The average molecular weight is 772 g/mol. The number of ether oxygens (including phenoxy) is 2. The number of likely N-dealkylation sites (tertiary alicyclic amines) is 1. The monoisotopic (exact) mass is 771 g/mol. The first-order valence-electron chi connectivity index (χ1n) is 20.0. The normalized spacial score (nSPS) is 23.8. The Bertz CT molecular complexity index is 1860. The molecule has 4 aliphatic rings. The maximum Gasteiger partial charge on any atom is 0.289 e. The fraction of sp³-hybridized carbons (Fsp3) is 0.581. The topological polar surface area (TPSA) is 165 Å². The van der Waals surface area contributed by atoms with E-state index in [4.69, 9.17) is 14.3 Å². The molecule has 3 N–H and O–H groups in total. The summed E-state index contributed by atoms with van der Waals surface area (Å²) in [5.74, 6) is -1.38. The van der Waals surface area contributed by atoms with Gasteiger partial charge in [-0.2, -0.15) is 0 Å². The molecule has 2 heterocycles. The van der Waals surface area contributed by atoms with E-state index in [9.17, 15) is 24.0 Å². The lowest BCUT2D eigenvalue weighted by atomic mass is 9.85. The number of hydrogen-bond acceptors (Lipinski definition) is 9. The highest BCUT2D eigenvalue weighted by molar-refractivity contribution is 6.38. The molecule has 13 nitrogen and oxygen atoms in total. The van der Waals surface area contributed by atoms with Gasteiger partial charge in [0.25, 0.3) is 5.91 Å². The quantitative estimate of drug-likeness (QED) is 0.221. The zero-order valence-electron chi connectivity index (χ0n) is 34.0. The first-order valence-corrected chi connectivity index (χ1v) is 20.0. The SMILES string of the molecule is CCC[C@H](NC(=O)[C@@H]1C[C@]2(CC(c3cc(C)c(OCC)c(C)c3)=NO2)CN1C(=O)[C@@H](NC(=O)[C@H]1C[C@@H]1c1ccc(OC)cc1)C(C)(C)C)C(=O)C(=O)NC1CC1. The van der Waals surface area contributed by atoms with Gasteiger partial charge in [-0.25, -0.2) is 0 Å². The highest BCUT2D eigenvalue weighted by Gasteiger charge is 2.56. The van der Waals surface area contributed by atoms with E-state index >= 15 is 0 Å². The van der Waals surface area contributed by atoms with Crippen LogP contribution in [0.5, 0.6) is 11.5 Å². The minimum Gasteiger partial charge on any atom is -0.497 e. The number of benzene rings is 2. The molecule has 0 aromatic heterocycles. The number of ketones is 1. The number of carbonyl (C=O) groups is 5. The van der Waals surface area contributed by atoms with Crippen molar-refractivity contribution in [2.24, 2.45) is 16.5 Å². The Balaban J connectivity index is 1.25. The predicted molar refractivity (Wildman–Crippen MR) is 210 cm³/mol.